The Kier molecular flexibility index (Phi) is 3.49. The largest absolute Gasteiger partial charge is 0.415 e. The highest BCUT2D eigenvalue weighted by atomic mass is 19.4. The van der Waals surface area contributed by atoms with Gasteiger partial charge in [0.1, 0.15) is 0 Å². The molecule has 2 N–H and O–H groups in total. The van der Waals surface area contributed by atoms with Crippen molar-refractivity contribution in [3.8, 4) is 0 Å². The van der Waals surface area contributed by atoms with Crippen molar-refractivity contribution in [2.75, 3.05) is 19.8 Å². The van der Waals surface area contributed by atoms with Gasteiger partial charge in [0.25, 0.3) is 5.91 Å². The van der Waals surface area contributed by atoms with Crippen LogP contribution in [0.1, 0.15) is 13.8 Å². The summed E-state index contributed by atoms with van der Waals surface area (Å²) < 4.78 is 42.7. The molecule has 1 fully saturated rings. The molecule has 0 aromatic heterocycles. The molecule has 1 aliphatic heterocycles. The van der Waals surface area contributed by atoms with E-state index in [-0.39, 0.29) is 25.8 Å². The molecular formula is C9H15F3N2O2. The summed E-state index contributed by atoms with van der Waals surface area (Å²) in [5, 5.41) is 0. The number of alkyl halides is 3. The predicted octanol–water partition coefficient (Wildman–Crippen LogP) is 0.513. The number of carbonyl (C=O) groups is 1. The summed E-state index contributed by atoms with van der Waals surface area (Å²) in [6, 6.07) is -0.383. The van der Waals surface area contributed by atoms with Gasteiger partial charge in [-0.15, -0.1) is 0 Å². The van der Waals surface area contributed by atoms with Crippen molar-refractivity contribution in [1.82, 2.24) is 4.90 Å². The Hall–Kier alpha value is -0.820. The number of carbonyl (C=O) groups excluding carboxylic acids is 1. The van der Waals surface area contributed by atoms with Gasteiger partial charge in [-0.25, -0.2) is 0 Å². The highest BCUT2D eigenvalue weighted by Gasteiger charge is 2.55. The maximum absolute atomic E-state index is 12.6. The number of halogens is 3. The van der Waals surface area contributed by atoms with Gasteiger partial charge < -0.3 is 15.4 Å². The molecule has 0 aliphatic carbocycles. The third-order valence-electron chi connectivity index (χ3n) is 2.66. The van der Waals surface area contributed by atoms with Gasteiger partial charge in [-0.3, -0.25) is 4.79 Å². The van der Waals surface area contributed by atoms with Crippen LogP contribution in [-0.2, 0) is 9.53 Å². The zero-order valence-corrected chi connectivity index (χ0v) is 9.17. The second-order valence-corrected chi connectivity index (χ2v) is 4.12. The number of hydrogen-bond donors (Lipinski definition) is 1. The summed E-state index contributed by atoms with van der Waals surface area (Å²) in [5.41, 5.74) is 2.24. The van der Waals surface area contributed by atoms with E-state index in [1.54, 1.807) is 6.92 Å². The van der Waals surface area contributed by atoms with Crippen molar-refractivity contribution in [2.24, 2.45) is 5.73 Å². The summed E-state index contributed by atoms with van der Waals surface area (Å²) in [7, 11) is 0. The lowest BCUT2D eigenvalue weighted by Gasteiger charge is -2.38. The first-order valence-electron chi connectivity index (χ1n) is 4.92. The molecule has 0 bridgehead atoms. The van der Waals surface area contributed by atoms with Crippen LogP contribution >= 0.6 is 0 Å². The van der Waals surface area contributed by atoms with Gasteiger partial charge in [0.2, 0.25) is 0 Å². The van der Waals surface area contributed by atoms with Gasteiger partial charge >= 0.3 is 6.18 Å². The fraction of sp³-hybridized carbons (Fsp3) is 0.889. The summed E-state index contributed by atoms with van der Waals surface area (Å²) >= 11 is 0. The van der Waals surface area contributed by atoms with Gasteiger partial charge in [0.05, 0.1) is 19.3 Å². The second-order valence-electron chi connectivity index (χ2n) is 4.12. The van der Waals surface area contributed by atoms with E-state index in [4.69, 9.17) is 10.5 Å². The molecule has 1 amide bonds. The second kappa shape index (κ2) is 4.21. The minimum atomic E-state index is -4.75. The molecule has 2 atom stereocenters. The van der Waals surface area contributed by atoms with Crippen LogP contribution in [0.3, 0.4) is 0 Å². The normalized spacial score (nSPS) is 26.4. The molecule has 4 nitrogen and oxygen atoms in total. The topological polar surface area (TPSA) is 55.6 Å². The Morgan fingerprint density at radius 3 is 2.50 bits per heavy atom. The number of nitrogens with two attached hydrogens (primary N) is 1. The van der Waals surface area contributed by atoms with Crippen molar-refractivity contribution < 1.29 is 22.7 Å². The predicted molar refractivity (Wildman–Crippen MR) is 50.6 cm³/mol. The average molecular weight is 240 g/mol. The Morgan fingerprint density at radius 1 is 1.50 bits per heavy atom. The van der Waals surface area contributed by atoms with Gasteiger partial charge in [0.15, 0.2) is 5.54 Å². The molecular weight excluding hydrogens is 225 g/mol. The number of nitrogens with zero attached hydrogens (tertiary/aromatic N) is 1. The Labute approximate surface area is 91.5 Å². The first-order chi connectivity index (χ1) is 7.18. The molecule has 94 valence electrons. The van der Waals surface area contributed by atoms with E-state index in [2.05, 4.69) is 0 Å². The highest BCUT2D eigenvalue weighted by Crippen LogP contribution is 2.30. The third-order valence-corrected chi connectivity index (χ3v) is 2.66. The molecule has 0 aromatic rings. The van der Waals surface area contributed by atoms with Crippen molar-refractivity contribution in [3.05, 3.63) is 0 Å². The van der Waals surface area contributed by atoms with E-state index in [0.717, 1.165) is 4.90 Å². The summed E-state index contributed by atoms with van der Waals surface area (Å²) in [4.78, 5) is 12.8. The first kappa shape index (κ1) is 13.2. The molecule has 2 unspecified atom stereocenters. The molecule has 0 radical (unpaired) electrons. The average Bonchev–Trinajstić information content (AvgIpc) is 2.15. The van der Waals surface area contributed by atoms with Crippen molar-refractivity contribution in [2.45, 2.75) is 31.6 Å². The van der Waals surface area contributed by atoms with E-state index >= 15 is 0 Å². The lowest BCUT2D eigenvalue weighted by molar-refractivity contribution is -0.197. The van der Waals surface area contributed by atoms with Crippen LogP contribution in [0, 0.1) is 0 Å². The zero-order chi connectivity index (χ0) is 12.6. The summed E-state index contributed by atoms with van der Waals surface area (Å²) in [6.45, 7) is 2.94. The first-order valence-corrected chi connectivity index (χ1v) is 4.92. The van der Waals surface area contributed by atoms with Crippen LogP contribution < -0.4 is 5.73 Å². The van der Waals surface area contributed by atoms with Crippen LogP contribution in [0.25, 0.3) is 0 Å². The van der Waals surface area contributed by atoms with Gasteiger partial charge in [-0.05, 0) is 13.8 Å². The fourth-order valence-corrected chi connectivity index (χ4v) is 1.45. The lowest BCUT2D eigenvalue weighted by Crippen LogP contribution is -2.65. The maximum Gasteiger partial charge on any atom is 0.415 e. The molecule has 16 heavy (non-hydrogen) atoms. The monoisotopic (exact) mass is 240 g/mol. The van der Waals surface area contributed by atoms with Crippen LogP contribution in [0.15, 0.2) is 0 Å². The van der Waals surface area contributed by atoms with E-state index in [1.807, 2.05) is 0 Å². The van der Waals surface area contributed by atoms with E-state index in [9.17, 15) is 18.0 Å². The van der Waals surface area contributed by atoms with Gasteiger partial charge in [-0.2, -0.15) is 13.2 Å². The molecule has 1 aliphatic rings. The van der Waals surface area contributed by atoms with Crippen LogP contribution in [0.5, 0.6) is 0 Å². The Morgan fingerprint density at radius 2 is 2.06 bits per heavy atom. The van der Waals surface area contributed by atoms with E-state index in [0.29, 0.717) is 6.92 Å². The Bertz CT molecular complexity index is 278. The molecule has 0 spiro atoms. The highest BCUT2D eigenvalue weighted by molar-refractivity contribution is 5.87. The number of amides is 1. The number of morpholine rings is 1. The standard InChI is InChI=1S/C9H15F3N2O2/c1-6-5-16-4-3-14(6)7(15)8(2,13)9(10,11)12/h6H,3-5,13H2,1-2H3. The molecule has 0 aromatic carbocycles. The minimum Gasteiger partial charge on any atom is -0.377 e. The zero-order valence-electron chi connectivity index (χ0n) is 9.17. The molecule has 7 heteroatoms. The van der Waals surface area contributed by atoms with E-state index < -0.39 is 17.6 Å². The number of hydrogen-bond acceptors (Lipinski definition) is 3. The van der Waals surface area contributed by atoms with Crippen LogP contribution in [-0.4, -0.2) is 48.3 Å². The number of rotatable bonds is 1. The lowest BCUT2D eigenvalue weighted by atomic mass is 10.00. The van der Waals surface area contributed by atoms with Crippen molar-refractivity contribution >= 4 is 5.91 Å². The quantitative estimate of drug-likeness (QED) is 0.726. The van der Waals surface area contributed by atoms with Gasteiger partial charge in [0, 0.05) is 6.54 Å². The summed E-state index contributed by atoms with van der Waals surface area (Å²) in [5.74, 6) is -1.10. The Balaban J connectivity index is 2.84. The summed E-state index contributed by atoms with van der Waals surface area (Å²) in [6.07, 6.45) is -4.75. The smallest absolute Gasteiger partial charge is 0.377 e. The fourth-order valence-electron chi connectivity index (χ4n) is 1.45. The SMILES string of the molecule is CC1COCCN1C(=O)C(C)(N)C(F)(F)F. The third kappa shape index (κ3) is 2.30. The van der Waals surface area contributed by atoms with Gasteiger partial charge in [-0.1, -0.05) is 0 Å². The maximum atomic E-state index is 12.6. The van der Waals surface area contributed by atoms with Crippen LogP contribution in [0.4, 0.5) is 13.2 Å². The van der Waals surface area contributed by atoms with E-state index in [1.165, 1.54) is 0 Å². The van der Waals surface area contributed by atoms with Crippen molar-refractivity contribution in [3.63, 3.8) is 0 Å². The molecule has 0 saturated carbocycles. The molecule has 1 rings (SSSR count). The number of ether oxygens (including phenoxy) is 1. The molecule has 1 saturated heterocycles. The molecule has 1 heterocycles. The van der Waals surface area contributed by atoms with Crippen LogP contribution in [0.2, 0.25) is 0 Å². The van der Waals surface area contributed by atoms with Crippen molar-refractivity contribution in [1.29, 1.82) is 0 Å². The minimum absolute atomic E-state index is 0.142.